The average Bonchev–Trinajstić information content (AvgIpc) is 3.19. The molecule has 0 unspecified atom stereocenters. The molecule has 1 N–H and O–H groups in total. The molecule has 3 aromatic rings. The van der Waals surface area contributed by atoms with Gasteiger partial charge in [-0.3, -0.25) is 14.4 Å². The lowest BCUT2D eigenvalue weighted by Gasteiger charge is -2.34. The first kappa shape index (κ1) is 22.0. The molecule has 32 heavy (non-hydrogen) atoms. The molecule has 8 nitrogen and oxygen atoms in total. The average molecular weight is 459 g/mol. The summed E-state index contributed by atoms with van der Waals surface area (Å²) in [6, 6.07) is 12.7. The number of hydrogen-bond donors (Lipinski definition) is 1. The number of carbonyl (C=O) groups excluding carboxylic acids is 1. The SMILES string of the molecule is Cc1cc(CN2CCN(C(=O)c3ccc(NS(=O)(=O)c4ccc(F)cc4)cc3)CC2)on1. The summed E-state index contributed by atoms with van der Waals surface area (Å²) in [5.41, 5.74) is 1.64. The number of aryl methyl sites for hydroxylation is 1. The van der Waals surface area contributed by atoms with Crippen LogP contribution in [0.2, 0.25) is 0 Å². The second-order valence-corrected chi connectivity index (χ2v) is 9.32. The van der Waals surface area contributed by atoms with Gasteiger partial charge in [-0.2, -0.15) is 0 Å². The van der Waals surface area contributed by atoms with Crippen LogP contribution in [0.4, 0.5) is 10.1 Å². The van der Waals surface area contributed by atoms with Crippen LogP contribution in [-0.4, -0.2) is 55.5 Å². The maximum Gasteiger partial charge on any atom is 0.261 e. The van der Waals surface area contributed by atoms with E-state index in [4.69, 9.17) is 4.52 Å². The number of carbonyl (C=O) groups is 1. The number of nitrogens with zero attached hydrogens (tertiary/aromatic N) is 3. The zero-order valence-corrected chi connectivity index (χ0v) is 18.3. The Morgan fingerprint density at radius 1 is 1.06 bits per heavy atom. The van der Waals surface area contributed by atoms with E-state index in [9.17, 15) is 17.6 Å². The summed E-state index contributed by atoms with van der Waals surface area (Å²) in [5.74, 6) is 0.190. The molecule has 1 amide bonds. The van der Waals surface area contributed by atoms with Crippen LogP contribution in [0.1, 0.15) is 21.8 Å². The lowest BCUT2D eigenvalue weighted by atomic mass is 10.1. The van der Waals surface area contributed by atoms with Gasteiger partial charge in [0.1, 0.15) is 5.82 Å². The minimum absolute atomic E-state index is 0.0441. The van der Waals surface area contributed by atoms with Crippen LogP contribution in [0.25, 0.3) is 0 Å². The maximum atomic E-state index is 13.0. The van der Waals surface area contributed by atoms with Gasteiger partial charge < -0.3 is 9.42 Å². The summed E-state index contributed by atoms with van der Waals surface area (Å²) < 4.78 is 45.6. The van der Waals surface area contributed by atoms with Crippen LogP contribution in [0.15, 0.2) is 64.0 Å². The molecule has 1 aromatic heterocycles. The molecule has 10 heteroatoms. The van der Waals surface area contributed by atoms with E-state index in [1.54, 1.807) is 17.0 Å². The number of aromatic nitrogens is 1. The highest BCUT2D eigenvalue weighted by atomic mass is 32.2. The molecule has 0 saturated carbocycles. The molecule has 1 aliphatic rings. The van der Waals surface area contributed by atoms with Crippen molar-refractivity contribution in [3.63, 3.8) is 0 Å². The second kappa shape index (κ2) is 9.09. The molecular weight excluding hydrogens is 435 g/mol. The molecule has 1 saturated heterocycles. The standard InChI is InChI=1S/C22H23FN4O4S/c1-16-14-20(31-24-16)15-26-10-12-27(13-11-26)22(28)17-2-6-19(7-3-17)25-32(29,30)21-8-4-18(23)5-9-21/h2-9,14,25H,10-13,15H2,1H3. The third-order valence-electron chi connectivity index (χ3n) is 5.22. The molecule has 2 heterocycles. The van der Waals surface area contributed by atoms with Crippen LogP contribution >= 0.6 is 0 Å². The van der Waals surface area contributed by atoms with E-state index in [1.807, 2.05) is 13.0 Å². The molecular formula is C22H23FN4O4S. The number of piperazine rings is 1. The van der Waals surface area contributed by atoms with Gasteiger partial charge in [-0.05, 0) is 55.5 Å². The Kier molecular flexibility index (Phi) is 6.24. The third kappa shape index (κ3) is 5.14. The zero-order valence-electron chi connectivity index (χ0n) is 17.5. The lowest BCUT2D eigenvalue weighted by molar-refractivity contribution is 0.0617. The maximum absolute atomic E-state index is 13.0. The molecule has 0 radical (unpaired) electrons. The van der Waals surface area contributed by atoms with Gasteiger partial charge in [0.05, 0.1) is 17.1 Å². The number of hydrogen-bond acceptors (Lipinski definition) is 6. The zero-order chi connectivity index (χ0) is 22.7. The van der Waals surface area contributed by atoms with E-state index in [0.29, 0.717) is 30.9 Å². The first-order valence-corrected chi connectivity index (χ1v) is 11.6. The van der Waals surface area contributed by atoms with Gasteiger partial charge in [0.25, 0.3) is 15.9 Å². The van der Waals surface area contributed by atoms with Crippen molar-refractivity contribution in [3.8, 4) is 0 Å². The van der Waals surface area contributed by atoms with E-state index in [-0.39, 0.29) is 10.8 Å². The summed E-state index contributed by atoms with van der Waals surface area (Å²) in [4.78, 5) is 16.8. The third-order valence-corrected chi connectivity index (χ3v) is 6.62. The van der Waals surface area contributed by atoms with Crippen molar-refractivity contribution in [2.24, 2.45) is 0 Å². The summed E-state index contributed by atoms with van der Waals surface area (Å²) >= 11 is 0. The van der Waals surface area contributed by atoms with Crippen molar-refractivity contribution in [2.75, 3.05) is 30.9 Å². The van der Waals surface area contributed by atoms with Gasteiger partial charge in [-0.1, -0.05) is 5.16 Å². The number of halogens is 1. The van der Waals surface area contributed by atoms with E-state index < -0.39 is 15.8 Å². The predicted octanol–water partition coefficient (Wildman–Crippen LogP) is 2.88. The highest BCUT2D eigenvalue weighted by molar-refractivity contribution is 7.92. The molecule has 1 aliphatic heterocycles. The summed E-state index contributed by atoms with van der Waals surface area (Å²) in [6.45, 7) is 5.16. The molecule has 0 aliphatic carbocycles. The molecule has 0 spiro atoms. The van der Waals surface area contributed by atoms with E-state index in [0.717, 1.165) is 36.7 Å². The fourth-order valence-electron chi connectivity index (χ4n) is 3.51. The van der Waals surface area contributed by atoms with Crippen LogP contribution in [-0.2, 0) is 16.6 Å². The van der Waals surface area contributed by atoms with E-state index in [2.05, 4.69) is 14.8 Å². The Hall–Kier alpha value is -3.24. The van der Waals surface area contributed by atoms with Gasteiger partial charge in [-0.15, -0.1) is 0 Å². The molecule has 0 bridgehead atoms. The number of anilines is 1. The monoisotopic (exact) mass is 458 g/mol. The second-order valence-electron chi connectivity index (χ2n) is 7.64. The first-order chi connectivity index (χ1) is 15.3. The largest absolute Gasteiger partial charge is 0.360 e. The van der Waals surface area contributed by atoms with Gasteiger partial charge in [0, 0.05) is 43.5 Å². The normalized spacial score (nSPS) is 15.0. The van der Waals surface area contributed by atoms with Crippen LogP contribution < -0.4 is 4.72 Å². The van der Waals surface area contributed by atoms with E-state index >= 15 is 0 Å². The number of benzene rings is 2. The molecule has 1 fully saturated rings. The number of rotatable bonds is 6. The fraction of sp³-hybridized carbons (Fsp3) is 0.273. The van der Waals surface area contributed by atoms with Crippen LogP contribution in [0.5, 0.6) is 0 Å². The number of sulfonamides is 1. The van der Waals surface area contributed by atoms with Crippen molar-refractivity contribution < 1.29 is 22.1 Å². The van der Waals surface area contributed by atoms with Crippen LogP contribution in [0, 0.1) is 12.7 Å². The Morgan fingerprint density at radius 3 is 2.31 bits per heavy atom. The Morgan fingerprint density at radius 2 is 1.72 bits per heavy atom. The van der Waals surface area contributed by atoms with Gasteiger partial charge in [0.2, 0.25) is 0 Å². The molecule has 2 aromatic carbocycles. The van der Waals surface area contributed by atoms with Crippen molar-refractivity contribution >= 4 is 21.6 Å². The number of nitrogens with one attached hydrogen (secondary N) is 1. The Balaban J connectivity index is 1.33. The minimum atomic E-state index is -3.84. The quantitative estimate of drug-likeness (QED) is 0.610. The fourth-order valence-corrected chi connectivity index (χ4v) is 4.57. The van der Waals surface area contributed by atoms with Crippen molar-refractivity contribution in [3.05, 3.63) is 77.4 Å². The minimum Gasteiger partial charge on any atom is -0.360 e. The molecule has 4 rings (SSSR count). The van der Waals surface area contributed by atoms with Crippen molar-refractivity contribution in [1.82, 2.24) is 15.0 Å². The highest BCUT2D eigenvalue weighted by Crippen LogP contribution is 2.18. The summed E-state index contributed by atoms with van der Waals surface area (Å²) in [7, 11) is -3.84. The molecule has 168 valence electrons. The Bertz CT molecular complexity index is 1190. The van der Waals surface area contributed by atoms with Gasteiger partial charge in [0.15, 0.2) is 5.76 Å². The van der Waals surface area contributed by atoms with E-state index in [1.165, 1.54) is 24.3 Å². The van der Waals surface area contributed by atoms with Crippen LogP contribution in [0.3, 0.4) is 0 Å². The van der Waals surface area contributed by atoms with Crippen molar-refractivity contribution in [1.29, 1.82) is 0 Å². The van der Waals surface area contributed by atoms with Gasteiger partial charge >= 0.3 is 0 Å². The summed E-state index contributed by atoms with van der Waals surface area (Å²) in [5, 5.41) is 3.89. The number of amides is 1. The summed E-state index contributed by atoms with van der Waals surface area (Å²) in [6.07, 6.45) is 0. The van der Waals surface area contributed by atoms with Gasteiger partial charge in [-0.25, -0.2) is 12.8 Å². The predicted molar refractivity (Wildman–Crippen MR) is 116 cm³/mol. The van der Waals surface area contributed by atoms with Crippen molar-refractivity contribution in [2.45, 2.75) is 18.4 Å². The highest BCUT2D eigenvalue weighted by Gasteiger charge is 2.23. The smallest absolute Gasteiger partial charge is 0.261 e. The lowest BCUT2D eigenvalue weighted by Crippen LogP contribution is -2.48. The Labute approximate surface area is 185 Å². The topological polar surface area (TPSA) is 95.8 Å². The first-order valence-electron chi connectivity index (χ1n) is 10.1. The molecule has 0 atom stereocenters.